The molecular formula is C44H49N3OSi+2. The molecule has 2 aliphatic rings. The van der Waals surface area contributed by atoms with E-state index in [1.54, 1.807) is 5.19 Å². The molecule has 49 heavy (non-hydrogen) atoms. The van der Waals surface area contributed by atoms with Crippen LogP contribution in [0, 0.1) is 12.3 Å². The number of furan rings is 1. The van der Waals surface area contributed by atoms with E-state index in [9.17, 15) is 0 Å². The van der Waals surface area contributed by atoms with E-state index >= 15 is 0 Å². The molecule has 4 aromatic heterocycles. The van der Waals surface area contributed by atoms with Crippen molar-refractivity contribution < 1.29 is 13.6 Å². The molecule has 0 bridgehead atoms. The largest absolute Gasteiger partial charge is 0.437 e. The Balaban J connectivity index is 1.39. The maximum absolute atomic E-state index is 6.76. The molecular weight excluding hydrogens is 615 g/mol. The number of allylic oxidation sites excluding steroid dienone is 1. The van der Waals surface area contributed by atoms with Crippen LogP contribution in [0.3, 0.4) is 0 Å². The first kappa shape index (κ1) is 31.9. The summed E-state index contributed by atoms with van der Waals surface area (Å²) in [5, 5.41) is 3.75. The van der Waals surface area contributed by atoms with Gasteiger partial charge in [0.1, 0.15) is 5.92 Å². The standard InChI is InChI=1S/C44H49N3OSi/c1-11-35-39(30-15-13-12-14-29(30)36-23-28(24-44(5,6)7)38(25-47(35)36)49(8,9)10)41-33-17-16-31-32-18-19-34(26(2)3)45-43(32)48-42(31)40(33)37-22-27(4)20-21-46(37)41/h11-23,25-26,35,39,41H,1,24H2,2-10H3/q+2. The minimum absolute atomic E-state index is 0.0526. The molecule has 0 spiro atoms. The van der Waals surface area contributed by atoms with Crippen molar-refractivity contribution in [1.29, 1.82) is 0 Å². The Morgan fingerprint density at radius 3 is 2.39 bits per heavy atom. The molecule has 3 atom stereocenters. The molecule has 6 aromatic rings. The third kappa shape index (κ3) is 5.03. The van der Waals surface area contributed by atoms with E-state index in [4.69, 9.17) is 9.40 Å². The van der Waals surface area contributed by atoms with Crippen molar-refractivity contribution in [1.82, 2.24) is 4.98 Å². The average Bonchev–Trinajstić information content (AvgIpc) is 3.57. The third-order valence-electron chi connectivity index (χ3n) is 10.8. The summed E-state index contributed by atoms with van der Waals surface area (Å²) in [6.07, 6.45) is 8.08. The molecule has 4 nitrogen and oxygen atoms in total. The lowest BCUT2D eigenvalue weighted by Crippen LogP contribution is -2.56. The zero-order valence-corrected chi connectivity index (χ0v) is 31.6. The van der Waals surface area contributed by atoms with Gasteiger partial charge in [-0.25, -0.2) is 4.98 Å². The van der Waals surface area contributed by atoms with Crippen molar-refractivity contribution in [3.8, 4) is 22.5 Å². The molecule has 2 aliphatic heterocycles. The second kappa shape index (κ2) is 11.1. The number of hydrogen-bond donors (Lipinski definition) is 0. The predicted molar refractivity (Wildman–Crippen MR) is 204 cm³/mol. The zero-order valence-electron chi connectivity index (χ0n) is 30.6. The summed E-state index contributed by atoms with van der Waals surface area (Å²) in [5.41, 5.74) is 13.3. The van der Waals surface area contributed by atoms with Crippen molar-refractivity contribution in [2.45, 2.75) is 91.5 Å². The summed E-state index contributed by atoms with van der Waals surface area (Å²) in [7, 11) is -1.68. The Morgan fingerprint density at radius 2 is 1.67 bits per heavy atom. The minimum Gasteiger partial charge on any atom is -0.437 e. The van der Waals surface area contributed by atoms with Gasteiger partial charge in [0.05, 0.1) is 19.2 Å². The van der Waals surface area contributed by atoms with Gasteiger partial charge in [-0.05, 0) is 71.7 Å². The van der Waals surface area contributed by atoms with Crippen molar-refractivity contribution in [2.75, 3.05) is 0 Å². The summed E-state index contributed by atoms with van der Waals surface area (Å²) in [6.45, 7) is 25.6. The van der Waals surface area contributed by atoms with Crippen LogP contribution >= 0.6 is 0 Å². The highest BCUT2D eigenvalue weighted by molar-refractivity contribution is 6.89. The van der Waals surface area contributed by atoms with Crippen LogP contribution in [0.15, 0.2) is 96.2 Å². The SMILES string of the molecule is C=CC1C(C2c3ccc4c(oc5nc(C(C)C)ccc54)c3-c3cc(C)cc[n+]32)c2ccccc2-c2cc(CC(C)(C)C)c([Si](C)(C)C)c[n+]21. The number of fused-ring (bicyclic) bond motifs is 10. The first-order chi connectivity index (χ1) is 23.2. The number of benzene rings is 2. The van der Waals surface area contributed by atoms with Crippen LogP contribution in [0.5, 0.6) is 0 Å². The fourth-order valence-electron chi connectivity index (χ4n) is 8.62. The van der Waals surface area contributed by atoms with Crippen molar-refractivity contribution in [3.63, 3.8) is 0 Å². The van der Waals surface area contributed by atoms with E-state index in [1.807, 2.05) is 0 Å². The smallest absolute Gasteiger partial charge is 0.227 e. The molecule has 5 heteroatoms. The van der Waals surface area contributed by atoms with Crippen molar-refractivity contribution in [2.24, 2.45) is 5.41 Å². The molecule has 0 radical (unpaired) electrons. The van der Waals surface area contributed by atoms with Crippen LogP contribution in [-0.4, -0.2) is 13.1 Å². The second-order valence-corrected chi connectivity index (χ2v) is 22.1. The molecule has 3 unspecified atom stereocenters. The zero-order chi connectivity index (χ0) is 34.6. The Labute approximate surface area is 292 Å². The third-order valence-corrected chi connectivity index (χ3v) is 12.8. The van der Waals surface area contributed by atoms with E-state index in [2.05, 4.69) is 162 Å². The molecule has 248 valence electrons. The minimum atomic E-state index is -1.68. The van der Waals surface area contributed by atoms with E-state index in [-0.39, 0.29) is 23.4 Å². The number of aromatic nitrogens is 3. The number of pyridine rings is 3. The highest BCUT2D eigenvalue weighted by Gasteiger charge is 2.53. The van der Waals surface area contributed by atoms with Crippen LogP contribution in [0.2, 0.25) is 19.6 Å². The van der Waals surface area contributed by atoms with Gasteiger partial charge in [-0.15, -0.1) is 0 Å². The molecule has 0 saturated heterocycles. The molecule has 0 fully saturated rings. The molecule has 0 aliphatic carbocycles. The molecule has 2 aromatic carbocycles. The molecule has 0 amide bonds. The van der Waals surface area contributed by atoms with Gasteiger partial charge in [-0.1, -0.05) is 85.1 Å². The molecule has 8 rings (SSSR count). The Bertz CT molecular complexity index is 2320. The van der Waals surface area contributed by atoms with Gasteiger partial charge in [-0.2, -0.15) is 9.13 Å². The monoisotopic (exact) mass is 663 g/mol. The topological polar surface area (TPSA) is 33.8 Å². The summed E-state index contributed by atoms with van der Waals surface area (Å²) >= 11 is 0. The second-order valence-electron chi connectivity index (χ2n) is 17.0. The lowest BCUT2D eigenvalue weighted by Gasteiger charge is -2.33. The van der Waals surface area contributed by atoms with Gasteiger partial charge in [0.15, 0.2) is 30.1 Å². The van der Waals surface area contributed by atoms with E-state index in [1.165, 1.54) is 44.8 Å². The van der Waals surface area contributed by atoms with Gasteiger partial charge in [0.25, 0.3) is 0 Å². The number of hydrogen-bond acceptors (Lipinski definition) is 2. The van der Waals surface area contributed by atoms with Crippen LogP contribution in [0.1, 0.15) is 86.5 Å². The Kier molecular flexibility index (Phi) is 7.21. The van der Waals surface area contributed by atoms with Gasteiger partial charge in [-0.3, -0.25) is 0 Å². The molecule has 0 saturated carbocycles. The van der Waals surface area contributed by atoms with Gasteiger partial charge < -0.3 is 4.42 Å². The fraction of sp³-hybridized carbons (Fsp3) is 0.341. The lowest BCUT2D eigenvalue weighted by molar-refractivity contribution is -0.738. The van der Waals surface area contributed by atoms with Gasteiger partial charge in [0.2, 0.25) is 17.1 Å². The Hall–Kier alpha value is -4.35. The lowest BCUT2D eigenvalue weighted by atomic mass is 9.76. The van der Waals surface area contributed by atoms with E-state index < -0.39 is 8.07 Å². The van der Waals surface area contributed by atoms with Crippen LogP contribution < -0.4 is 14.3 Å². The predicted octanol–water partition coefficient (Wildman–Crippen LogP) is 9.88. The molecule has 6 heterocycles. The first-order valence-corrected chi connectivity index (χ1v) is 21.4. The van der Waals surface area contributed by atoms with Crippen molar-refractivity contribution >= 4 is 35.3 Å². The maximum Gasteiger partial charge on any atom is 0.227 e. The number of rotatable bonds is 5. The highest BCUT2D eigenvalue weighted by atomic mass is 28.3. The number of aryl methyl sites for hydroxylation is 1. The van der Waals surface area contributed by atoms with E-state index in [0.29, 0.717) is 5.92 Å². The van der Waals surface area contributed by atoms with Crippen LogP contribution in [0.25, 0.3) is 44.6 Å². The van der Waals surface area contributed by atoms with Crippen molar-refractivity contribution in [3.05, 3.63) is 120 Å². The maximum atomic E-state index is 6.76. The number of nitrogens with zero attached hydrogens (tertiary/aromatic N) is 3. The van der Waals surface area contributed by atoms with Crippen LogP contribution in [0.4, 0.5) is 0 Å². The highest BCUT2D eigenvalue weighted by Crippen LogP contribution is 2.51. The average molecular weight is 664 g/mol. The summed E-state index contributed by atoms with van der Waals surface area (Å²) in [4.78, 5) is 4.97. The fourth-order valence-corrected chi connectivity index (χ4v) is 10.3. The molecule has 0 N–H and O–H groups in total. The van der Waals surface area contributed by atoms with E-state index in [0.717, 1.165) is 34.2 Å². The van der Waals surface area contributed by atoms with Crippen LogP contribution in [-0.2, 0) is 6.42 Å². The first-order valence-electron chi connectivity index (χ1n) is 17.9. The Morgan fingerprint density at radius 1 is 0.918 bits per heavy atom. The normalized spacial score (nSPS) is 18.4. The quantitative estimate of drug-likeness (QED) is 0.105. The van der Waals surface area contributed by atoms with Gasteiger partial charge in [0, 0.05) is 45.4 Å². The summed E-state index contributed by atoms with van der Waals surface area (Å²) in [6, 6.07) is 25.3. The summed E-state index contributed by atoms with van der Waals surface area (Å²) in [5.74, 6) is 0.453. The van der Waals surface area contributed by atoms with Gasteiger partial charge >= 0.3 is 0 Å². The summed E-state index contributed by atoms with van der Waals surface area (Å²) < 4.78 is 11.8.